The van der Waals surface area contributed by atoms with Crippen molar-refractivity contribution in [3.63, 3.8) is 0 Å². The van der Waals surface area contributed by atoms with Gasteiger partial charge in [-0.25, -0.2) is 4.79 Å². The van der Waals surface area contributed by atoms with Gasteiger partial charge in [-0.3, -0.25) is 0 Å². The van der Waals surface area contributed by atoms with Gasteiger partial charge in [-0.1, -0.05) is 44.9 Å². The molecule has 1 aromatic carbocycles. The van der Waals surface area contributed by atoms with Crippen LogP contribution in [0.4, 0.5) is 0 Å². The van der Waals surface area contributed by atoms with Gasteiger partial charge in [0.15, 0.2) is 0 Å². The lowest BCUT2D eigenvalue weighted by molar-refractivity contribution is 0.0433. The molecule has 0 fully saturated rings. The molecule has 82 valence electrons. The Bertz CT molecular complexity index is 289. The maximum atomic E-state index is 11.6. The first kappa shape index (κ1) is 11.8. The van der Waals surface area contributed by atoms with E-state index < -0.39 is 0 Å². The lowest BCUT2D eigenvalue weighted by Gasteiger charge is -2.12. The van der Waals surface area contributed by atoms with Crippen LogP contribution in [0.15, 0.2) is 30.3 Å². The zero-order valence-corrected chi connectivity index (χ0v) is 9.40. The van der Waals surface area contributed by atoms with Crippen LogP contribution in [-0.2, 0) is 4.74 Å². The molecule has 0 unspecified atom stereocenters. The van der Waals surface area contributed by atoms with Crippen molar-refractivity contribution >= 4 is 5.97 Å². The number of ether oxygens (including phenoxy) is 1. The molecule has 0 atom stereocenters. The Morgan fingerprint density at radius 3 is 2.33 bits per heavy atom. The van der Waals surface area contributed by atoms with Crippen LogP contribution in [0.1, 0.15) is 37.0 Å². The Morgan fingerprint density at radius 1 is 1.20 bits per heavy atom. The monoisotopic (exact) mass is 206 g/mol. The molecule has 0 radical (unpaired) electrons. The number of rotatable bonds is 5. The summed E-state index contributed by atoms with van der Waals surface area (Å²) in [5.41, 5.74) is 0.628. The van der Waals surface area contributed by atoms with E-state index in [1.807, 2.05) is 18.2 Å². The Balaban J connectivity index is 2.43. The Labute approximate surface area is 91.3 Å². The molecule has 0 aliphatic carbocycles. The maximum absolute atomic E-state index is 11.6. The third kappa shape index (κ3) is 3.74. The van der Waals surface area contributed by atoms with Crippen LogP contribution in [0.25, 0.3) is 0 Å². The summed E-state index contributed by atoms with van der Waals surface area (Å²) in [6.45, 7) is 4.76. The van der Waals surface area contributed by atoms with Gasteiger partial charge in [0.25, 0.3) is 0 Å². The first-order valence-electron chi connectivity index (χ1n) is 5.50. The molecule has 0 amide bonds. The molecule has 0 aliphatic rings. The van der Waals surface area contributed by atoms with Gasteiger partial charge >= 0.3 is 5.97 Å². The summed E-state index contributed by atoms with van der Waals surface area (Å²) in [6.07, 6.45) is 2.11. The van der Waals surface area contributed by atoms with Crippen LogP contribution >= 0.6 is 0 Å². The highest BCUT2D eigenvalue weighted by atomic mass is 16.5. The molecule has 1 aromatic rings. The third-order valence-corrected chi connectivity index (χ3v) is 2.61. The predicted octanol–water partition coefficient (Wildman–Crippen LogP) is 3.28. The summed E-state index contributed by atoms with van der Waals surface area (Å²) in [5.74, 6) is 0.264. The summed E-state index contributed by atoms with van der Waals surface area (Å²) in [4.78, 5) is 11.6. The van der Waals surface area contributed by atoms with E-state index in [9.17, 15) is 4.79 Å². The highest BCUT2D eigenvalue weighted by Crippen LogP contribution is 2.09. The molecular formula is C13H18O2. The predicted molar refractivity (Wildman–Crippen MR) is 60.8 cm³/mol. The molecule has 0 saturated carbocycles. The van der Waals surface area contributed by atoms with Gasteiger partial charge in [0, 0.05) is 0 Å². The molecule has 1 rings (SSSR count). The largest absolute Gasteiger partial charge is 0.462 e. The van der Waals surface area contributed by atoms with E-state index >= 15 is 0 Å². The van der Waals surface area contributed by atoms with Gasteiger partial charge in [0.1, 0.15) is 0 Å². The van der Waals surface area contributed by atoms with Gasteiger partial charge in [-0.15, -0.1) is 0 Å². The SMILES string of the molecule is CCC(CC)COC(=O)c1ccccc1. The highest BCUT2D eigenvalue weighted by molar-refractivity contribution is 5.89. The lowest BCUT2D eigenvalue weighted by Crippen LogP contribution is -2.13. The number of benzene rings is 1. The molecule has 0 heterocycles. The van der Waals surface area contributed by atoms with Gasteiger partial charge in [-0.2, -0.15) is 0 Å². The molecule has 0 bridgehead atoms. The fourth-order valence-corrected chi connectivity index (χ4v) is 1.38. The number of carbonyl (C=O) groups is 1. The van der Waals surface area contributed by atoms with Crippen molar-refractivity contribution in [3.05, 3.63) is 35.9 Å². The molecule has 15 heavy (non-hydrogen) atoms. The standard InChI is InChI=1S/C13H18O2/c1-3-11(4-2)10-15-13(14)12-8-6-5-7-9-12/h5-9,11H,3-4,10H2,1-2H3. The highest BCUT2D eigenvalue weighted by Gasteiger charge is 2.09. The maximum Gasteiger partial charge on any atom is 0.338 e. The van der Waals surface area contributed by atoms with E-state index in [0.29, 0.717) is 18.1 Å². The van der Waals surface area contributed by atoms with E-state index in [0.717, 1.165) is 12.8 Å². The normalized spacial score (nSPS) is 10.3. The van der Waals surface area contributed by atoms with Crippen LogP contribution in [0.5, 0.6) is 0 Å². The average molecular weight is 206 g/mol. The number of esters is 1. The van der Waals surface area contributed by atoms with Gasteiger partial charge in [0.05, 0.1) is 12.2 Å². The summed E-state index contributed by atoms with van der Waals surface area (Å²) < 4.78 is 5.23. The second-order valence-corrected chi connectivity index (χ2v) is 3.65. The Morgan fingerprint density at radius 2 is 1.80 bits per heavy atom. The van der Waals surface area contributed by atoms with E-state index in [-0.39, 0.29) is 5.97 Å². The molecule has 0 aromatic heterocycles. The van der Waals surface area contributed by atoms with Crippen LogP contribution in [0.3, 0.4) is 0 Å². The number of hydrogen-bond acceptors (Lipinski definition) is 2. The smallest absolute Gasteiger partial charge is 0.338 e. The molecule has 2 nitrogen and oxygen atoms in total. The van der Waals surface area contributed by atoms with E-state index in [2.05, 4.69) is 13.8 Å². The zero-order chi connectivity index (χ0) is 11.1. The van der Waals surface area contributed by atoms with E-state index in [1.54, 1.807) is 12.1 Å². The topological polar surface area (TPSA) is 26.3 Å². The van der Waals surface area contributed by atoms with Crippen molar-refractivity contribution in [2.45, 2.75) is 26.7 Å². The van der Waals surface area contributed by atoms with Crippen LogP contribution in [0.2, 0.25) is 0 Å². The molecule has 0 N–H and O–H groups in total. The third-order valence-electron chi connectivity index (χ3n) is 2.61. The Kier molecular flexibility index (Phi) is 4.88. The first-order valence-corrected chi connectivity index (χ1v) is 5.50. The van der Waals surface area contributed by atoms with Crippen molar-refractivity contribution < 1.29 is 9.53 Å². The van der Waals surface area contributed by atoms with Gasteiger partial charge in [-0.05, 0) is 18.1 Å². The van der Waals surface area contributed by atoms with Crippen molar-refractivity contribution in [1.29, 1.82) is 0 Å². The molecule has 0 saturated heterocycles. The van der Waals surface area contributed by atoms with E-state index in [1.165, 1.54) is 0 Å². The minimum absolute atomic E-state index is 0.220. The minimum atomic E-state index is -0.220. The first-order chi connectivity index (χ1) is 7.27. The van der Waals surface area contributed by atoms with Gasteiger partial charge < -0.3 is 4.74 Å². The zero-order valence-electron chi connectivity index (χ0n) is 9.40. The van der Waals surface area contributed by atoms with Crippen LogP contribution in [0, 0.1) is 5.92 Å². The van der Waals surface area contributed by atoms with Crippen molar-refractivity contribution in [1.82, 2.24) is 0 Å². The fraction of sp³-hybridized carbons (Fsp3) is 0.462. The van der Waals surface area contributed by atoms with Crippen molar-refractivity contribution in [3.8, 4) is 0 Å². The van der Waals surface area contributed by atoms with Crippen molar-refractivity contribution in [2.24, 2.45) is 5.92 Å². The number of carbonyl (C=O) groups excluding carboxylic acids is 1. The van der Waals surface area contributed by atoms with Crippen LogP contribution in [-0.4, -0.2) is 12.6 Å². The quantitative estimate of drug-likeness (QED) is 0.691. The second-order valence-electron chi connectivity index (χ2n) is 3.65. The summed E-state index contributed by atoms with van der Waals surface area (Å²) in [6, 6.07) is 9.11. The fourth-order valence-electron chi connectivity index (χ4n) is 1.38. The summed E-state index contributed by atoms with van der Waals surface area (Å²) >= 11 is 0. The molecule has 0 spiro atoms. The molecule has 2 heteroatoms. The second kappa shape index (κ2) is 6.23. The Hall–Kier alpha value is -1.31. The van der Waals surface area contributed by atoms with Gasteiger partial charge in [0.2, 0.25) is 0 Å². The summed E-state index contributed by atoms with van der Waals surface area (Å²) in [5, 5.41) is 0. The number of hydrogen-bond donors (Lipinski definition) is 0. The lowest BCUT2D eigenvalue weighted by atomic mass is 10.1. The summed E-state index contributed by atoms with van der Waals surface area (Å²) in [7, 11) is 0. The van der Waals surface area contributed by atoms with Crippen molar-refractivity contribution in [2.75, 3.05) is 6.61 Å². The molecular weight excluding hydrogens is 188 g/mol. The van der Waals surface area contributed by atoms with E-state index in [4.69, 9.17) is 4.74 Å². The minimum Gasteiger partial charge on any atom is -0.462 e. The molecule has 0 aliphatic heterocycles. The average Bonchev–Trinajstić information content (AvgIpc) is 2.31. The van der Waals surface area contributed by atoms with Crippen LogP contribution < -0.4 is 0 Å².